The van der Waals surface area contributed by atoms with Crippen molar-refractivity contribution in [2.45, 2.75) is 19.8 Å². The molecular weight excluding hydrogens is 186 g/mol. The molecule has 0 aromatic carbocycles. The fourth-order valence-electron chi connectivity index (χ4n) is 0.158. The van der Waals surface area contributed by atoms with Crippen LogP contribution in [0.2, 0.25) is 0 Å². The number of aliphatic hydroxyl groups excluding tert-OH is 1. The molecule has 0 spiro atoms. The van der Waals surface area contributed by atoms with Crippen LogP contribution in [-0.2, 0) is 0 Å². The van der Waals surface area contributed by atoms with Crippen molar-refractivity contribution in [2.24, 2.45) is 0 Å². The SMILES string of the molecule is CCCCO.[SbH3]. The van der Waals surface area contributed by atoms with Crippen molar-refractivity contribution >= 4 is 24.4 Å². The first-order valence-electron chi connectivity index (χ1n) is 2.02. The van der Waals surface area contributed by atoms with Crippen molar-refractivity contribution in [1.82, 2.24) is 0 Å². The third-order valence-corrected chi connectivity index (χ3v) is 0.512. The first-order valence-corrected chi connectivity index (χ1v) is 2.02. The van der Waals surface area contributed by atoms with E-state index in [1.165, 1.54) is 0 Å². The van der Waals surface area contributed by atoms with Crippen LogP contribution in [0, 0.1) is 0 Å². The van der Waals surface area contributed by atoms with Gasteiger partial charge in [0, 0.05) is 6.61 Å². The van der Waals surface area contributed by atoms with Gasteiger partial charge in [0.1, 0.15) is 0 Å². The molecule has 40 valence electrons. The molecule has 0 saturated heterocycles. The summed E-state index contributed by atoms with van der Waals surface area (Å²) in [5, 5.41) is 8.07. The molecule has 0 unspecified atom stereocenters. The predicted octanol–water partition coefficient (Wildman–Crippen LogP) is -0.405. The Morgan fingerprint density at radius 3 is 2.00 bits per heavy atom. The second-order valence-electron chi connectivity index (χ2n) is 1.08. The number of rotatable bonds is 2. The quantitative estimate of drug-likeness (QED) is 0.599. The van der Waals surface area contributed by atoms with Gasteiger partial charge < -0.3 is 5.11 Å². The van der Waals surface area contributed by atoms with Crippen LogP contribution in [0.4, 0.5) is 0 Å². The van der Waals surface area contributed by atoms with Crippen molar-refractivity contribution in [1.29, 1.82) is 0 Å². The Morgan fingerprint density at radius 2 is 2.00 bits per heavy atom. The fraction of sp³-hybridized carbons (Fsp3) is 1.00. The summed E-state index contributed by atoms with van der Waals surface area (Å²) in [6.45, 7) is 2.40. The molecule has 0 amide bonds. The number of unbranched alkanes of at least 4 members (excludes halogenated alkanes) is 1. The topological polar surface area (TPSA) is 20.2 Å². The molecule has 0 heterocycles. The summed E-state index contributed by atoms with van der Waals surface area (Å²) >= 11 is 0. The number of hydrogen-bond acceptors (Lipinski definition) is 1. The Morgan fingerprint density at radius 1 is 1.50 bits per heavy atom. The van der Waals surface area contributed by atoms with Gasteiger partial charge in [0.2, 0.25) is 0 Å². The molecule has 0 atom stereocenters. The van der Waals surface area contributed by atoms with Gasteiger partial charge in [-0.15, -0.1) is 0 Å². The third-order valence-electron chi connectivity index (χ3n) is 0.512. The Labute approximate surface area is 56.2 Å². The summed E-state index contributed by atoms with van der Waals surface area (Å²) < 4.78 is 0. The van der Waals surface area contributed by atoms with Crippen LogP contribution in [0.25, 0.3) is 0 Å². The molecule has 0 aliphatic carbocycles. The minimum absolute atomic E-state index is 0. The first-order chi connectivity index (χ1) is 2.41. The van der Waals surface area contributed by atoms with Gasteiger partial charge in [0.15, 0.2) is 0 Å². The molecule has 1 N–H and O–H groups in total. The van der Waals surface area contributed by atoms with Crippen molar-refractivity contribution in [2.75, 3.05) is 6.61 Å². The zero-order chi connectivity index (χ0) is 4.12. The van der Waals surface area contributed by atoms with Gasteiger partial charge in [-0.1, -0.05) is 13.3 Å². The number of hydrogen-bond donors (Lipinski definition) is 1. The summed E-state index contributed by atoms with van der Waals surface area (Å²) in [6.07, 6.45) is 2.04. The van der Waals surface area contributed by atoms with Crippen LogP contribution < -0.4 is 0 Å². The van der Waals surface area contributed by atoms with Crippen LogP contribution >= 0.6 is 0 Å². The maximum atomic E-state index is 8.07. The standard InChI is InChI=1S/C4H10O.Sb.3H/c1-2-3-4-5;;;;/h5H,2-4H2,1H3;;;;. The van der Waals surface area contributed by atoms with E-state index < -0.39 is 0 Å². The van der Waals surface area contributed by atoms with Crippen molar-refractivity contribution < 1.29 is 5.11 Å². The van der Waals surface area contributed by atoms with E-state index in [1.807, 2.05) is 0 Å². The summed E-state index contributed by atoms with van der Waals surface area (Å²) in [7, 11) is 0. The Balaban J connectivity index is 0. The van der Waals surface area contributed by atoms with Gasteiger partial charge in [-0.2, -0.15) is 0 Å². The molecule has 2 heteroatoms. The van der Waals surface area contributed by atoms with Crippen LogP contribution in [0.3, 0.4) is 0 Å². The first kappa shape index (κ1) is 9.91. The van der Waals surface area contributed by atoms with Crippen LogP contribution in [0.15, 0.2) is 0 Å². The van der Waals surface area contributed by atoms with Crippen molar-refractivity contribution in [3.8, 4) is 0 Å². The maximum absolute atomic E-state index is 8.07. The van der Waals surface area contributed by atoms with E-state index in [1.54, 1.807) is 0 Å². The van der Waals surface area contributed by atoms with Gasteiger partial charge in [-0.25, -0.2) is 0 Å². The van der Waals surface area contributed by atoms with Gasteiger partial charge in [0.25, 0.3) is 0 Å². The molecular formula is C4H13OSb. The third kappa shape index (κ3) is 8.84. The van der Waals surface area contributed by atoms with Gasteiger partial charge in [0.05, 0.1) is 0 Å². The van der Waals surface area contributed by atoms with E-state index in [4.69, 9.17) is 5.11 Å². The van der Waals surface area contributed by atoms with Crippen molar-refractivity contribution in [3.63, 3.8) is 0 Å². The average molecular weight is 199 g/mol. The van der Waals surface area contributed by atoms with Crippen LogP contribution in [-0.4, -0.2) is 36.1 Å². The molecule has 0 rings (SSSR count). The Kier molecular flexibility index (Phi) is 15.3. The molecule has 0 fully saturated rings. The van der Waals surface area contributed by atoms with Gasteiger partial charge in [-0.3, -0.25) is 0 Å². The molecule has 0 aromatic rings. The van der Waals surface area contributed by atoms with E-state index >= 15 is 0 Å². The monoisotopic (exact) mass is 198 g/mol. The van der Waals surface area contributed by atoms with E-state index in [0.29, 0.717) is 6.61 Å². The van der Waals surface area contributed by atoms with E-state index in [9.17, 15) is 0 Å². The molecule has 0 bridgehead atoms. The molecule has 0 saturated carbocycles. The van der Waals surface area contributed by atoms with E-state index in [0.717, 1.165) is 12.8 Å². The van der Waals surface area contributed by atoms with Gasteiger partial charge in [-0.05, 0) is 6.42 Å². The zero-order valence-corrected chi connectivity index (χ0v) is 8.31. The molecule has 1 nitrogen and oxygen atoms in total. The van der Waals surface area contributed by atoms with E-state index in [-0.39, 0.29) is 24.4 Å². The number of aliphatic hydroxyl groups is 1. The average Bonchev–Trinajstić information content (AvgIpc) is 1.41. The van der Waals surface area contributed by atoms with Crippen LogP contribution in [0.5, 0.6) is 0 Å². The molecule has 0 radical (unpaired) electrons. The van der Waals surface area contributed by atoms with Crippen molar-refractivity contribution in [3.05, 3.63) is 0 Å². The Hall–Kier alpha value is 0.778. The normalized spacial score (nSPS) is 7.00. The second kappa shape index (κ2) is 9.24. The Bertz CT molecular complexity index is 15.0. The molecule has 0 aliphatic heterocycles. The van der Waals surface area contributed by atoms with Gasteiger partial charge >= 0.3 is 24.4 Å². The summed E-state index contributed by atoms with van der Waals surface area (Å²) in [6, 6.07) is 0. The zero-order valence-electron chi connectivity index (χ0n) is 4.28. The summed E-state index contributed by atoms with van der Waals surface area (Å²) in [5.74, 6) is 0. The predicted molar refractivity (Wildman–Crippen MR) is 31.9 cm³/mol. The molecule has 6 heavy (non-hydrogen) atoms. The summed E-state index contributed by atoms with van der Waals surface area (Å²) in [5.41, 5.74) is 0. The summed E-state index contributed by atoms with van der Waals surface area (Å²) in [4.78, 5) is 0. The fourth-order valence-corrected chi connectivity index (χ4v) is 0.158. The second-order valence-corrected chi connectivity index (χ2v) is 1.08. The van der Waals surface area contributed by atoms with E-state index in [2.05, 4.69) is 6.92 Å². The molecule has 0 aliphatic rings. The van der Waals surface area contributed by atoms with Crippen LogP contribution in [0.1, 0.15) is 19.8 Å². The minimum atomic E-state index is 0. The molecule has 0 aromatic heterocycles.